The van der Waals surface area contributed by atoms with E-state index in [9.17, 15) is 9.90 Å². The molecule has 1 fully saturated rings. The Morgan fingerprint density at radius 1 is 1.57 bits per heavy atom. The van der Waals surface area contributed by atoms with Gasteiger partial charge in [-0.25, -0.2) is 0 Å². The van der Waals surface area contributed by atoms with E-state index in [1.54, 1.807) is 0 Å². The van der Waals surface area contributed by atoms with Crippen molar-refractivity contribution < 1.29 is 9.90 Å². The highest BCUT2D eigenvalue weighted by molar-refractivity contribution is 5.89. The van der Waals surface area contributed by atoms with Crippen LogP contribution >= 0.6 is 0 Å². The molecule has 2 bridgehead atoms. The number of ketones is 1. The van der Waals surface area contributed by atoms with E-state index >= 15 is 0 Å². The highest BCUT2D eigenvalue weighted by Gasteiger charge is 2.53. The third-order valence-corrected chi connectivity index (χ3v) is 3.93. The molecule has 0 aromatic heterocycles. The molecule has 2 aliphatic carbocycles. The van der Waals surface area contributed by atoms with Gasteiger partial charge >= 0.3 is 0 Å². The Kier molecular flexibility index (Phi) is 2.07. The van der Waals surface area contributed by atoms with E-state index in [4.69, 9.17) is 0 Å². The minimum Gasteiger partial charge on any atom is -0.391 e. The molecule has 1 N–H and O–H groups in total. The third-order valence-electron chi connectivity index (χ3n) is 3.93. The van der Waals surface area contributed by atoms with Crippen molar-refractivity contribution in [3.63, 3.8) is 0 Å². The SMILES string of the molecule is CC(C)C1=CC[C@]2(C)C(=O)C[C@H]1[C@H]2O. The lowest BCUT2D eigenvalue weighted by atomic mass is 9.73. The van der Waals surface area contributed by atoms with Gasteiger partial charge in [0.05, 0.1) is 11.5 Å². The van der Waals surface area contributed by atoms with Crippen molar-refractivity contribution in [2.45, 2.75) is 39.7 Å². The number of carbonyl (C=O) groups is 1. The van der Waals surface area contributed by atoms with E-state index in [2.05, 4.69) is 19.9 Å². The second-order valence-corrected chi connectivity index (χ2v) is 5.16. The number of rotatable bonds is 1. The second-order valence-electron chi connectivity index (χ2n) is 5.16. The highest BCUT2D eigenvalue weighted by Crippen LogP contribution is 2.50. The molecule has 2 aliphatic rings. The van der Waals surface area contributed by atoms with Crippen molar-refractivity contribution in [2.24, 2.45) is 17.3 Å². The molecule has 0 saturated heterocycles. The first-order valence-electron chi connectivity index (χ1n) is 5.38. The van der Waals surface area contributed by atoms with Crippen molar-refractivity contribution in [1.29, 1.82) is 0 Å². The molecule has 0 spiro atoms. The van der Waals surface area contributed by atoms with Crippen LogP contribution in [0.15, 0.2) is 11.6 Å². The average Bonchev–Trinajstić information content (AvgIpc) is 2.28. The van der Waals surface area contributed by atoms with Crippen LogP contribution in [-0.4, -0.2) is 17.0 Å². The summed E-state index contributed by atoms with van der Waals surface area (Å²) in [5, 5.41) is 10.1. The molecule has 0 heterocycles. The minimum absolute atomic E-state index is 0.0984. The van der Waals surface area contributed by atoms with Crippen LogP contribution in [0.2, 0.25) is 0 Å². The van der Waals surface area contributed by atoms with E-state index in [0.717, 1.165) is 6.42 Å². The van der Waals surface area contributed by atoms with Gasteiger partial charge in [0, 0.05) is 12.3 Å². The number of aliphatic hydroxyl groups excluding tert-OH is 1. The Morgan fingerprint density at radius 3 is 2.79 bits per heavy atom. The lowest BCUT2D eigenvalue weighted by Gasteiger charge is -2.34. The largest absolute Gasteiger partial charge is 0.391 e. The van der Waals surface area contributed by atoms with E-state index in [1.807, 2.05) is 6.92 Å². The Balaban J connectivity index is 2.37. The van der Waals surface area contributed by atoms with E-state index in [1.165, 1.54) is 5.57 Å². The highest BCUT2D eigenvalue weighted by atomic mass is 16.3. The van der Waals surface area contributed by atoms with Crippen LogP contribution in [0.25, 0.3) is 0 Å². The van der Waals surface area contributed by atoms with Gasteiger partial charge in [0.15, 0.2) is 0 Å². The maximum absolute atomic E-state index is 11.8. The Hall–Kier alpha value is -0.630. The second kappa shape index (κ2) is 2.93. The Labute approximate surface area is 85.0 Å². The number of Topliss-reactive ketones (excluding diaryl/α,β-unsaturated/α-hetero) is 1. The van der Waals surface area contributed by atoms with Gasteiger partial charge in [0.25, 0.3) is 0 Å². The summed E-state index contributed by atoms with van der Waals surface area (Å²) < 4.78 is 0. The van der Waals surface area contributed by atoms with Gasteiger partial charge in [-0.1, -0.05) is 25.5 Å². The molecular weight excluding hydrogens is 176 g/mol. The molecule has 2 heteroatoms. The summed E-state index contributed by atoms with van der Waals surface area (Å²) in [5.41, 5.74) is 0.795. The number of aliphatic hydroxyl groups is 1. The van der Waals surface area contributed by atoms with Crippen LogP contribution in [0.4, 0.5) is 0 Å². The summed E-state index contributed by atoms with van der Waals surface area (Å²) >= 11 is 0. The molecule has 0 aromatic rings. The monoisotopic (exact) mass is 194 g/mol. The number of allylic oxidation sites excluding steroid dienone is 1. The molecule has 0 aliphatic heterocycles. The predicted octanol–water partition coefficient (Wildman–Crippen LogP) is 1.93. The van der Waals surface area contributed by atoms with E-state index in [-0.39, 0.29) is 11.7 Å². The zero-order chi connectivity index (χ0) is 10.5. The average molecular weight is 194 g/mol. The quantitative estimate of drug-likeness (QED) is 0.648. The van der Waals surface area contributed by atoms with Crippen LogP contribution < -0.4 is 0 Å². The van der Waals surface area contributed by atoms with Crippen LogP contribution in [0.1, 0.15) is 33.6 Å². The van der Waals surface area contributed by atoms with Crippen molar-refractivity contribution in [3.8, 4) is 0 Å². The van der Waals surface area contributed by atoms with Gasteiger partial charge in [0.1, 0.15) is 5.78 Å². The van der Waals surface area contributed by atoms with Crippen molar-refractivity contribution >= 4 is 5.78 Å². The molecule has 2 nitrogen and oxygen atoms in total. The normalized spacial score (nSPS) is 41.8. The molecule has 3 atom stereocenters. The summed E-state index contributed by atoms with van der Waals surface area (Å²) in [5.74, 6) is 0.785. The Bertz CT molecular complexity index is 303. The standard InChI is InChI=1S/C12H18O2/c1-7(2)8-4-5-12(3)10(13)6-9(8)11(12)14/h4,7,9,11,14H,5-6H2,1-3H3/t9-,11-,12-/m1/s1. The van der Waals surface area contributed by atoms with Crippen LogP contribution in [0.5, 0.6) is 0 Å². The fourth-order valence-corrected chi connectivity index (χ4v) is 2.83. The summed E-state index contributed by atoms with van der Waals surface area (Å²) in [6.07, 6.45) is 2.99. The van der Waals surface area contributed by atoms with Crippen molar-refractivity contribution in [1.82, 2.24) is 0 Å². The number of carbonyl (C=O) groups excluding carboxylic acids is 1. The topological polar surface area (TPSA) is 37.3 Å². The zero-order valence-corrected chi connectivity index (χ0v) is 9.08. The van der Waals surface area contributed by atoms with E-state index < -0.39 is 11.5 Å². The minimum atomic E-state index is -0.483. The number of hydrogen-bond acceptors (Lipinski definition) is 2. The molecule has 0 aromatic carbocycles. The third kappa shape index (κ3) is 1.10. The predicted molar refractivity (Wildman–Crippen MR) is 54.8 cm³/mol. The zero-order valence-electron chi connectivity index (χ0n) is 9.08. The van der Waals surface area contributed by atoms with Crippen molar-refractivity contribution in [2.75, 3.05) is 0 Å². The number of fused-ring (bicyclic) bond motifs is 2. The van der Waals surface area contributed by atoms with Crippen LogP contribution in [0.3, 0.4) is 0 Å². The van der Waals surface area contributed by atoms with Crippen molar-refractivity contribution in [3.05, 3.63) is 11.6 Å². The maximum Gasteiger partial charge on any atom is 0.142 e. The van der Waals surface area contributed by atoms with E-state index in [0.29, 0.717) is 12.3 Å². The first-order chi connectivity index (χ1) is 6.47. The van der Waals surface area contributed by atoms with Gasteiger partial charge in [-0.05, 0) is 19.3 Å². The maximum atomic E-state index is 11.8. The molecule has 1 saturated carbocycles. The van der Waals surface area contributed by atoms with Crippen LogP contribution in [0, 0.1) is 17.3 Å². The van der Waals surface area contributed by atoms with Gasteiger partial charge in [-0.2, -0.15) is 0 Å². The van der Waals surface area contributed by atoms with Gasteiger partial charge in [-0.15, -0.1) is 0 Å². The first-order valence-corrected chi connectivity index (χ1v) is 5.38. The van der Waals surface area contributed by atoms with Crippen LogP contribution in [-0.2, 0) is 4.79 Å². The fourth-order valence-electron chi connectivity index (χ4n) is 2.83. The first kappa shape index (κ1) is 9.91. The summed E-state index contributed by atoms with van der Waals surface area (Å²) in [6.45, 7) is 6.15. The smallest absolute Gasteiger partial charge is 0.142 e. The van der Waals surface area contributed by atoms with Gasteiger partial charge < -0.3 is 5.11 Å². The summed E-state index contributed by atoms with van der Waals surface area (Å²) in [6, 6.07) is 0. The lowest BCUT2D eigenvalue weighted by Crippen LogP contribution is -2.38. The molecule has 0 radical (unpaired) electrons. The molecule has 0 amide bonds. The summed E-state index contributed by atoms with van der Waals surface area (Å²) in [4.78, 5) is 11.8. The molecular formula is C12H18O2. The molecule has 2 rings (SSSR count). The Morgan fingerprint density at radius 2 is 2.21 bits per heavy atom. The lowest BCUT2D eigenvalue weighted by molar-refractivity contribution is -0.128. The number of hydrogen-bond donors (Lipinski definition) is 1. The fraction of sp³-hybridized carbons (Fsp3) is 0.750. The molecule has 78 valence electrons. The summed E-state index contributed by atoms with van der Waals surface area (Å²) in [7, 11) is 0. The van der Waals surface area contributed by atoms with Gasteiger partial charge in [-0.3, -0.25) is 4.79 Å². The molecule has 0 unspecified atom stereocenters. The molecule has 14 heavy (non-hydrogen) atoms. The van der Waals surface area contributed by atoms with Gasteiger partial charge in [0.2, 0.25) is 0 Å².